The van der Waals surface area contributed by atoms with E-state index in [0.717, 1.165) is 5.46 Å². The minimum absolute atomic E-state index is 0.394. The predicted molar refractivity (Wildman–Crippen MR) is 174 cm³/mol. The Hall–Kier alpha value is -4.18. The molecule has 5 aromatic carbocycles. The third-order valence-electron chi connectivity index (χ3n) is 9.88. The maximum atomic E-state index is 6.51. The van der Waals surface area contributed by atoms with Crippen molar-refractivity contribution >= 4 is 24.7 Å². The number of hydrogen-bond donors (Lipinski definition) is 0. The Morgan fingerprint density at radius 3 is 1.52 bits per heavy atom. The molecule has 0 atom stereocenters. The van der Waals surface area contributed by atoms with Crippen LogP contribution in [-0.4, -0.2) is 18.3 Å². The third-order valence-corrected chi connectivity index (χ3v) is 9.88. The zero-order chi connectivity index (χ0) is 28.7. The Labute approximate surface area is 248 Å². The van der Waals surface area contributed by atoms with Gasteiger partial charge in [0.25, 0.3) is 0 Å². The molecule has 1 fully saturated rings. The lowest BCUT2D eigenvalue weighted by molar-refractivity contribution is 0.00578. The first-order chi connectivity index (χ1) is 20.3. The molecule has 204 valence electrons. The summed E-state index contributed by atoms with van der Waals surface area (Å²) in [5.41, 5.74) is 10.0. The second-order valence-corrected chi connectivity index (χ2v) is 12.8. The van der Waals surface area contributed by atoms with E-state index in [2.05, 4.69) is 155 Å². The lowest BCUT2D eigenvalue weighted by atomic mass is 9.73. The van der Waals surface area contributed by atoms with Crippen LogP contribution < -0.4 is 15.9 Å². The highest BCUT2D eigenvalue weighted by Crippen LogP contribution is 2.52. The molecule has 42 heavy (non-hydrogen) atoms. The minimum atomic E-state index is -0.412. The molecule has 0 saturated carbocycles. The molecule has 5 aromatic rings. The highest BCUT2D eigenvalue weighted by molar-refractivity contribution is 6.62. The first-order valence-corrected chi connectivity index (χ1v) is 14.9. The second-order valence-electron chi connectivity index (χ2n) is 12.8. The summed E-state index contributed by atoms with van der Waals surface area (Å²) >= 11 is 0. The summed E-state index contributed by atoms with van der Waals surface area (Å²) in [7, 11) is -0.412. The summed E-state index contributed by atoms with van der Waals surface area (Å²) < 4.78 is 13.0. The summed E-state index contributed by atoms with van der Waals surface area (Å²) in [6.07, 6.45) is 5.02. The molecule has 1 spiro atoms. The van der Waals surface area contributed by atoms with Gasteiger partial charge in [-0.25, -0.2) is 0 Å². The van der Waals surface area contributed by atoms with Crippen LogP contribution in [0.5, 0.6) is 0 Å². The van der Waals surface area contributed by atoms with Crippen LogP contribution >= 0.6 is 0 Å². The lowest BCUT2D eigenvalue weighted by Crippen LogP contribution is -2.41. The van der Waals surface area contributed by atoms with E-state index in [1.165, 1.54) is 54.9 Å². The first kappa shape index (κ1) is 25.5. The number of rotatable bonds is 3. The van der Waals surface area contributed by atoms with E-state index in [9.17, 15) is 0 Å². The topological polar surface area (TPSA) is 18.5 Å². The maximum Gasteiger partial charge on any atom is 0.494 e. The van der Waals surface area contributed by atoms with E-state index in [0.29, 0.717) is 0 Å². The molecule has 8 rings (SSSR count). The molecule has 1 saturated heterocycles. The third kappa shape index (κ3) is 3.60. The summed E-state index contributed by atoms with van der Waals surface area (Å²) in [4.78, 5) is 0. The molecule has 0 radical (unpaired) electrons. The standard InChI is InChI=1S/C39H33BO2/c1-37(2)38(3,4)42-40(41-37)28-19-20-32-31-17-11-12-18-35(31)39(36(32)23-28)24-33-29(26-13-7-5-8-14-26)21-22-30(34(33)25-39)27-15-9-6-10-16-27/h5-25H,1-4H3. The smallest absolute Gasteiger partial charge is 0.399 e. The SMILES string of the molecule is CC1(C)OB(c2ccc3c(c2)C2(C=c4c(-c5ccccc5)ccc(-c5ccccc5)c4=C2)c2ccccc2-3)OC1(C)C. The average molecular weight is 545 g/mol. The van der Waals surface area contributed by atoms with Crippen LogP contribution in [0, 0.1) is 0 Å². The summed E-state index contributed by atoms with van der Waals surface area (Å²) in [5.74, 6) is 0. The minimum Gasteiger partial charge on any atom is -0.399 e. The van der Waals surface area contributed by atoms with Gasteiger partial charge in [0, 0.05) is 0 Å². The van der Waals surface area contributed by atoms with Gasteiger partial charge in [-0.1, -0.05) is 127 Å². The van der Waals surface area contributed by atoms with Crippen molar-refractivity contribution in [3.05, 3.63) is 137 Å². The van der Waals surface area contributed by atoms with Crippen molar-refractivity contribution in [1.29, 1.82) is 0 Å². The predicted octanol–water partition coefficient (Wildman–Crippen LogP) is 6.86. The summed E-state index contributed by atoms with van der Waals surface area (Å²) in [5, 5.41) is 2.57. The van der Waals surface area contributed by atoms with Gasteiger partial charge in [-0.05, 0) is 88.1 Å². The van der Waals surface area contributed by atoms with Crippen LogP contribution in [0.2, 0.25) is 0 Å². The molecule has 3 heteroatoms. The van der Waals surface area contributed by atoms with Gasteiger partial charge in [-0.2, -0.15) is 0 Å². The highest BCUT2D eigenvalue weighted by Gasteiger charge is 2.52. The Morgan fingerprint density at radius 2 is 0.952 bits per heavy atom. The Kier molecular flexibility index (Phi) is 5.42. The zero-order valence-electron chi connectivity index (χ0n) is 24.5. The molecule has 1 heterocycles. The normalized spacial score (nSPS) is 18.2. The van der Waals surface area contributed by atoms with Crippen LogP contribution in [0.3, 0.4) is 0 Å². The van der Waals surface area contributed by atoms with Crippen molar-refractivity contribution in [1.82, 2.24) is 0 Å². The van der Waals surface area contributed by atoms with Crippen LogP contribution in [-0.2, 0) is 14.7 Å². The molecule has 0 bridgehead atoms. The maximum absolute atomic E-state index is 6.51. The van der Waals surface area contributed by atoms with Crippen molar-refractivity contribution in [2.75, 3.05) is 0 Å². The van der Waals surface area contributed by atoms with Gasteiger partial charge in [0.2, 0.25) is 0 Å². The van der Waals surface area contributed by atoms with Gasteiger partial charge in [-0.15, -0.1) is 0 Å². The van der Waals surface area contributed by atoms with Gasteiger partial charge >= 0.3 is 7.12 Å². The molecule has 0 amide bonds. The van der Waals surface area contributed by atoms with Gasteiger partial charge < -0.3 is 9.31 Å². The summed E-state index contributed by atoms with van der Waals surface area (Å²) in [6.45, 7) is 8.46. The monoisotopic (exact) mass is 544 g/mol. The molecule has 0 N–H and O–H groups in total. The van der Waals surface area contributed by atoms with Gasteiger partial charge in [0.1, 0.15) is 0 Å². The quantitative estimate of drug-likeness (QED) is 0.231. The largest absolute Gasteiger partial charge is 0.494 e. The molecule has 3 aliphatic rings. The Morgan fingerprint density at radius 1 is 0.476 bits per heavy atom. The van der Waals surface area contributed by atoms with E-state index < -0.39 is 23.7 Å². The summed E-state index contributed by atoms with van der Waals surface area (Å²) in [6, 6.07) is 41.8. The molecule has 1 aliphatic heterocycles. The fourth-order valence-electron chi connectivity index (χ4n) is 6.98. The average Bonchev–Trinajstić information content (AvgIpc) is 3.61. The Bertz CT molecular complexity index is 1900. The van der Waals surface area contributed by atoms with Gasteiger partial charge in [-0.3, -0.25) is 0 Å². The molecule has 0 unspecified atom stereocenters. The van der Waals surface area contributed by atoms with Gasteiger partial charge in [0.15, 0.2) is 0 Å². The van der Waals surface area contributed by atoms with Crippen molar-refractivity contribution in [2.45, 2.75) is 44.3 Å². The van der Waals surface area contributed by atoms with Crippen molar-refractivity contribution in [2.24, 2.45) is 0 Å². The first-order valence-electron chi connectivity index (χ1n) is 14.9. The second kappa shape index (κ2) is 8.91. The highest BCUT2D eigenvalue weighted by atomic mass is 16.7. The number of fused-ring (bicyclic) bond motifs is 6. The number of benzene rings is 5. The molecule has 2 nitrogen and oxygen atoms in total. The van der Waals surface area contributed by atoms with Crippen LogP contribution in [0.25, 0.3) is 45.5 Å². The van der Waals surface area contributed by atoms with E-state index in [1.807, 2.05) is 0 Å². The molecular weight excluding hydrogens is 511 g/mol. The zero-order valence-corrected chi connectivity index (χ0v) is 24.5. The van der Waals surface area contributed by atoms with Crippen molar-refractivity contribution in [3.8, 4) is 33.4 Å². The van der Waals surface area contributed by atoms with Gasteiger partial charge in [0.05, 0.1) is 16.6 Å². The van der Waals surface area contributed by atoms with Crippen molar-refractivity contribution in [3.63, 3.8) is 0 Å². The van der Waals surface area contributed by atoms with E-state index in [-0.39, 0.29) is 0 Å². The fraction of sp³-hybridized carbons (Fsp3) is 0.179. The van der Waals surface area contributed by atoms with E-state index in [4.69, 9.17) is 9.31 Å². The van der Waals surface area contributed by atoms with E-state index >= 15 is 0 Å². The fourth-order valence-corrected chi connectivity index (χ4v) is 6.98. The lowest BCUT2D eigenvalue weighted by Gasteiger charge is -2.32. The van der Waals surface area contributed by atoms with Crippen LogP contribution in [0.4, 0.5) is 0 Å². The molecule has 2 aliphatic carbocycles. The molecule has 0 aromatic heterocycles. The Balaban J connectivity index is 1.40. The molecular formula is C39H33BO2. The number of hydrogen-bond acceptors (Lipinski definition) is 2. The van der Waals surface area contributed by atoms with E-state index in [1.54, 1.807) is 0 Å². The van der Waals surface area contributed by atoms with Crippen LogP contribution in [0.1, 0.15) is 38.8 Å². The van der Waals surface area contributed by atoms with Crippen LogP contribution in [0.15, 0.2) is 115 Å². The van der Waals surface area contributed by atoms with Crippen molar-refractivity contribution < 1.29 is 9.31 Å².